The van der Waals surface area contributed by atoms with Gasteiger partial charge in [0.25, 0.3) is 0 Å². The first-order valence-electron chi connectivity index (χ1n) is 5.42. The van der Waals surface area contributed by atoms with Crippen LogP contribution in [0.4, 0.5) is 0 Å². The van der Waals surface area contributed by atoms with Gasteiger partial charge in [-0.15, -0.1) is 15.3 Å². The van der Waals surface area contributed by atoms with Crippen molar-refractivity contribution in [1.29, 1.82) is 0 Å². The maximum Gasteiger partial charge on any atom is 0.223 e. The molecule has 0 bridgehead atoms. The van der Waals surface area contributed by atoms with Gasteiger partial charge in [-0.3, -0.25) is 5.10 Å². The Morgan fingerprint density at radius 3 is 3.00 bits per heavy atom. The highest BCUT2D eigenvalue weighted by Gasteiger charge is 2.09. The van der Waals surface area contributed by atoms with Gasteiger partial charge >= 0.3 is 0 Å². The fraction of sp³-hybridized carbons (Fsp3) is 0. The molecule has 92 valence electrons. The normalized spacial score (nSPS) is 11.2. The van der Waals surface area contributed by atoms with E-state index in [0.717, 1.165) is 5.52 Å². The van der Waals surface area contributed by atoms with E-state index in [1.54, 1.807) is 24.3 Å². The quantitative estimate of drug-likeness (QED) is 0.542. The van der Waals surface area contributed by atoms with Gasteiger partial charge in [0.1, 0.15) is 11.2 Å². The highest BCUT2D eigenvalue weighted by molar-refractivity contribution is 5.69. The van der Waals surface area contributed by atoms with Gasteiger partial charge in [-0.2, -0.15) is 4.98 Å². The standard InChI is InChI=1S/C10H6N8O/c1-3-7(11-9-5(1)13-17-15-9)19-8-4-2-6-10(12-8)16-18-14-6/h1-4H,(H,11,13,15,17)(H,12,14,16,18). The molecule has 0 unspecified atom stereocenters. The summed E-state index contributed by atoms with van der Waals surface area (Å²) in [6, 6.07) is 7.00. The zero-order valence-electron chi connectivity index (χ0n) is 9.40. The molecule has 2 aliphatic heterocycles. The van der Waals surface area contributed by atoms with Gasteiger partial charge in [-0.1, -0.05) is 5.21 Å². The second-order valence-electron chi connectivity index (χ2n) is 3.78. The van der Waals surface area contributed by atoms with Crippen molar-refractivity contribution in [3.05, 3.63) is 24.3 Å². The molecule has 19 heavy (non-hydrogen) atoms. The molecule has 0 aromatic carbocycles. The minimum atomic E-state index is 0.407. The van der Waals surface area contributed by atoms with Crippen LogP contribution in [0.25, 0.3) is 22.7 Å². The van der Waals surface area contributed by atoms with E-state index in [4.69, 9.17) is 4.74 Å². The molecular weight excluding hydrogens is 248 g/mol. The van der Waals surface area contributed by atoms with E-state index in [-0.39, 0.29) is 0 Å². The summed E-state index contributed by atoms with van der Waals surface area (Å²) in [4.78, 5) is 7.15. The number of hydrogen-bond donors (Lipinski definition) is 2. The minimum absolute atomic E-state index is 0.407. The first kappa shape index (κ1) is 9.88. The van der Waals surface area contributed by atoms with E-state index in [2.05, 4.69) is 40.8 Å². The smallest absolute Gasteiger partial charge is 0.223 e. The van der Waals surface area contributed by atoms with Crippen molar-refractivity contribution >= 4 is 11.2 Å². The lowest BCUT2D eigenvalue weighted by molar-refractivity contribution is 0.446. The molecule has 0 radical (unpaired) electrons. The molecule has 9 heteroatoms. The number of aromatic amines is 2. The van der Waals surface area contributed by atoms with Crippen molar-refractivity contribution in [2.75, 3.05) is 0 Å². The number of rotatable bonds is 2. The Morgan fingerprint density at radius 1 is 1.00 bits per heavy atom. The Hall–Kier alpha value is -3.10. The number of H-pyrrole nitrogens is 2. The molecule has 2 N–H and O–H groups in total. The lowest BCUT2D eigenvalue weighted by Crippen LogP contribution is -1.93. The number of pyridine rings is 2. The number of hydrogen-bond acceptors (Lipinski definition) is 7. The van der Waals surface area contributed by atoms with E-state index < -0.39 is 0 Å². The van der Waals surface area contributed by atoms with Gasteiger partial charge < -0.3 is 9.72 Å². The maximum absolute atomic E-state index is 5.59. The van der Waals surface area contributed by atoms with E-state index in [0.29, 0.717) is 28.9 Å². The molecule has 0 aliphatic carbocycles. The van der Waals surface area contributed by atoms with Crippen molar-refractivity contribution in [1.82, 2.24) is 40.8 Å². The molecule has 0 fully saturated rings. The van der Waals surface area contributed by atoms with Crippen molar-refractivity contribution < 1.29 is 4.74 Å². The van der Waals surface area contributed by atoms with Gasteiger partial charge in [-0.25, -0.2) is 0 Å². The predicted molar refractivity (Wildman–Crippen MR) is 62.6 cm³/mol. The zero-order chi connectivity index (χ0) is 12.7. The van der Waals surface area contributed by atoms with Crippen LogP contribution in [-0.2, 0) is 0 Å². The largest absolute Gasteiger partial charge is 0.423 e. The molecule has 0 atom stereocenters. The first-order valence-corrected chi connectivity index (χ1v) is 5.42. The van der Waals surface area contributed by atoms with Crippen LogP contribution < -0.4 is 4.74 Å². The minimum Gasteiger partial charge on any atom is -0.423 e. The Bertz CT molecular complexity index is 817. The van der Waals surface area contributed by atoms with E-state index in [1.165, 1.54) is 0 Å². The van der Waals surface area contributed by atoms with Crippen molar-refractivity contribution in [3.8, 4) is 23.3 Å². The van der Waals surface area contributed by atoms with Gasteiger partial charge in [0.2, 0.25) is 17.4 Å². The molecule has 4 heterocycles. The second-order valence-corrected chi connectivity index (χ2v) is 3.78. The molecule has 4 rings (SSSR count). The lowest BCUT2D eigenvalue weighted by atomic mass is 10.3. The number of fused-ring (bicyclic) bond motifs is 2. The van der Waals surface area contributed by atoms with Gasteiger partial charge in [0, 0.05) is 12.1 Å². The Kier molecular flexibility index (Phi) is 1.92. The van der Waals surface area contributed by atoms with Crippen LogP contribution in [0.2, 0.25) is 0 Å². The van der Waals surface area contributed by atoms with Crippen LogP contribution in [0, 0.1) is 0 Å². The van der Waals surface area contributed by atoms with Crippen molar-refractivity contribution in [3.63, 3.8) is 0 Å². The second kappa shape index (κ2) is 3.70. The highest BCUT2D eigenvalue weighted by atomic mass is 16.5. The Labute approximate surface area is 105 Å². The summed E-state index contributed by atoms with van der Waals surface area (Å²) in [5.41, 5.74) is 1.92. The van der Waals surface area contributed by atoms with Gasteiger partial charge in [-0.05, 0) is 17.3 Å². The monoisotopic (exact) mass is 254 g/mol. The summed E-state index contributed by atoms with van der Waals surface area (Å²) in [6.45, 7) is 0. The van der Waals surface area contributed by atoms with E-state index in [1.807, 2.05) is 0 Å². The average molecular weight is 254 g/mol. The number of ether oxygens (including phenoxy) is 1. The molecule has 0 spiro atoms. The van der Waals surface area contributed by atoms with Crippen LogP contribution in [0.3, 0.4) is 0 Å². The molecule has 9 nitrogen and oxygen atoms in total. The summed E-state index contributed by atoms with van der Waals surface area (Å²) < 4.78 is 5.59. The SMILES string of the molecule is c1cc2[nH]nnc2nc1Oc1ccc2nnnc-2[nH]1. The van der Waals surface area contributed by atoms with E-state index >= 15 is 0 Å². The molecule has 2 aromatic rings. The predicted octanol–water partition coefficient (Wildman–Crippen LogP) is 0.763. The Morgan fingerprint density at radius 2 is 2.00 bits per heavy atom. The van der Waals surface area contributed by atoms with Gasteiger partial charge in [0.15, 0.2) is 5.82 Å². The van der Waals surface area contributed by atoms with Crippen LogP contribution in [0.1, 0.15) is 0 Å². The average Bonchev–Trinajstić information content (AvgIpc) is 3.05. The number of nitrogens with one attached hydrogen (secondary N) is 2. The van der Waals surface area contributed by atoms with E-state index in [9.17, 15) is 0 Å². The van der Waals surface area contributed by atoms with Crippen molar-refractivity contribution in [2.45, 2.75) is 0 Å². The lowest BCUT2D eigenvalue weighted by Gasteiger charge is -2.05. The summed E-state index contributed by atoms with van der Waals surface area (Å²) in [5, 5.41) is 21.4. The summed E-state index contributed by atoms with van der Waals surface area (Å²) in [6.07, 6.45) is 0. The highest BCUT2D eigenvalue weighted by Crippen LogP contribution is 2.22. The van der Waals surface area contributed by atoms with Crippen LogP contribution in [0.15, 0.2) is 24.3 Å². The maximum atomic E-state index is 5.59. The summed E-state index contributed by atoms with van der Waals surface area (Å²) >= 11 is 0. The summed E-state index contributed by atoms with van der Waals surface area (Å²) in [5.74, 6) is 1.45. The summed E-state index contributed by atoms with van der Waals surface area (Å²) in [7, 11) is 0. The molecule has 0 saturated carbocycles. The third kappa shape index (κ3) is 1.64. The first-order chi connectivity index (χ1) is 9.38. The fourth-order valence-electron chi connectivity index (χ4n) is 1.68. The molecule has 2 aromatic heterocycles. The topological polar surface area (TPSA) is 118 Å². The number of nitrogens with zero attached hydrogens (tertiary/aromatic N) is 6. The molecule has 2 aliphatic rings. The van der Waals surface area contributed by atoms with Crippen molar-refractivity contribution in [2.24, 2.45) is 0 Å². The molecular formula is C10H6N8O. The van der Waals surface area contributed by atoms with Crippen LogP contribution >= 0.6 is 0 Å². The third-order valence-corrected chi connectivity index (χ3v) is 2.55. The molecule has 0 saturated heterocycles. The zero-order valence-corrected chi connectivity index (χ0v) is 9.40. The Balaban J connectivity index is 1.71. The fourth-order valence-corrected chi connectivity index (χ4v) is 1.68. The molecule has 0 amide bonds. The van der Waals surface area contributed by atoms with Crippen LogP contribution in [-0.4, -0.2) is 40.8 Å². The van der Waals surface area contributed by atoms with Gasteiger partial charge in [0.05, 0.1) is 0 Å². The van der Waals surface area contributed by atoms with Crippen LogP contribution in [0.5, 0.6) is 11.8 Å². The number of aromatic nitrogens is 8. The third-order valence-electron chi connectivity index (χ3n) is 2.55.